The van der Waals surface area contributed by atoms with Crippen LogP contribution in [0.2, 0.25) is 0 Å². The highest BCUT2D eigenvalue weighted by Crippen LogP contribution is 2.31. The van der Waals surface area contributed by atoms with Gasteiger partial charge in [-0.05, 0) is 69.5 Å². The number of nitrogen functional groups attached to an aromatic ring is 1. The number of H-pyrrole nitrogens is 1. The van der Waals surface area contributed by atoms with Crippen LogP contribution in [-0.4, -0.2) is 136 Å². The third-order valence-electron chi connectivity index (χ3n) is 9.17. The normalized spacial score (nSPS) is 16.1. The molecule has 10 N–H and O–H groups in total. The first-order valence-corrected chi connectivity index (χ1v) is 17.6. The molecule has 1 aliphatic heterocycles. The number of anilines is 1. The first kappa shape index (κ1) is 47.2. The van der Waals surface area contributed by atoms with Gasteiger partial charge in [0.05, 0.1) is 25.8 Å². The maximum absolute atomic E-state index is 13.1. The van der Waals surface area contributed by atoms with E-state index < -0.39 is 61.2 Å². The van der Waals surface area contributed by atoms with Gasteiger partial charge in [0.15, 0.2) is 28.2 Å². The molecule has 1 fully saturated rings. The Bertz CT molecular complexity index is 1990. The van der Waals surface area contributed by atoms with Crippen LogP contribution in [-0.2, 0) is 29.2 Å². The first-order chi connectivity index (χ1) is 27.0. The summed E-state index contributed by atoms with van der Waals surface area (Å²) in [5.41, 5.74) is 10.6. The highest BCUT2D eigenvalue weighted by atomic mass is 19.4. The quantitative estimate of drug-likeness (QED) is 0.0631. The van der Waals surface area contributed by atoms with Crippen LogP contribution in [0.5, 0.6) is 0 Å². The molecule has 1 aliphatic rings. The average Bonchev–Trinajstić information content (AvgIpc) is 3.76. The minimum Gasteiger partial charge on any atom is -0.542 e. The smallest absolute Gasteiger partial charge is 0.490 e. The molecule has 4 aromatic rings. The maximum atomic E-state index is 13.1. The third kappa shape index (κ3) is 12.0. The second-order valence-electron chi connectivity index (χ2n) is 13.0. The Labute approximate surface area is 325 Å². The number of nitrogens with zero attached hydrogens (tertiary/aromatic N) is 5. The number of aryl methyl sites for hydroxylation is 2. The number of β-amino-alcohol motifs (C(OH)–C–C–N with tert-alkyl or cyclic N) is 1. The zero-order valence-electron chi connectivity index (χ0n) is 31.0. The van der Waals surface area contributed by atoms with E-state index in [1.165, 1.54) is 5.56 Å². The summed E-state index contributed by atoms with van der Waals surface area (Å²) in [6.07, 6.45) is -12.8. The molecule has 0 aliphatic carbocycles. The van der Waals surface area contributed by atoms with E-state index in [2.05, 4.69) is 61.4 Å². The predicted molar refractivity (Wildman–Crippen MR) is 187 cm³/mol. The molecule has 3 aromatic heterocycles. The van der Waals surface area contributed by atoms with E-state index in [0.717, 1.165) is 36.2 Å². The molecule has 4 heterocycles. The molecule has 58 heavy (non-hydrogen) atoms. The lowest BCUT2D eigenvalue weighted by Gasteiger charge is -2.35. The van der Waals surface area contributed by atoms with Gasteiger partial charge in [-0.15, -0.1) is 0 Å². The summed E-state index contributed by atoms with van der Waals surface area (Å²) in [6.45, 7) is 6.73. The van der Waals surface area contributed by atoms with Crippen LogP contribution in [0.25, 0.3) is 22.2 Å². The number of fused-ring (bicyclic) bond motifs is 2. The van der Waals surface area contributed by atoms with Gasteiger partial charge in [0.25, 0.3) is 11.7 Å². The molecule has 1 saturated heterocycles. The van der Waals surface area contributed by atoms with Crippen molar-refractivity contribution in [3.8, 4) is 0 Å². The number of piperidine rings is 1. The number of imidazole rings is 1. The van der Waals surface area contributed by atoms with Gasteiger partial charge in [0, 0.05) is 12.7 Å². The van der Waals surface area contributed by atoms with Crippen molar-refractivity contribution in [2.75, 3.05) is 32.0 Å². The fraction of sp³-hybridized carbons (Fsp3) is 0.529. The van der Waals surface area contributed by atoms with Crippen molar-refractivity contribution in [2.45, 2.75) is 89.0 Å². The monoisotopic (exact) mass is 838 g/mol. The Morgan fingerprint density at radius 1 is 1.00 bits per heavy atom. The standard InChI is InChI=1S/C30H42N8O6.2C2HF3O2/c1-3-37-20-6-5-18(17-8-11-36(12-9-17)15-22(40)26(42)27(43)23(41)16-39)13-21(20)38(4-2)24(37)14-33-30(44)25-28(31)35-29-19(34-25)7-10-32-29;2*3-2(4,5)1(6)7/h5-7,10,13,17,22-23,26-27,39-43H,3-4,8-9,11-12,14-16H2,1-2H3,(H3-,31,32,33,34,35,44);2*(H,6,7)/t22-,23+,26+,27+;;/m0../s1. The van der Waals surface area contributed by atoms with Crippen LogP contribution in [0.1, 0.15) is 54.5 Å². The van der Waals surface area contributed by atoms with E-state index in [0.29, 0.717) is 36.7 Å². The van der Waals surface area contributed by atoms with Crippen LogP contribution >= 0.6 is 0 Å². The Morgan fingerprint density at radius 2 is 1.59 bits per heavy atom. The number of aliphatic hydroxyl groups excluding tert-OH is 5. The van der Waals surface area contributed by atoms with Gasteiger partial charge in [0.1, 0.15) is 36.3 Å². The molecule has 0 bridgehead atoms. The topological polar surface area (TPSA) is 287 Å². The fourth-order valence-corrected chi connectivity index (χ4v) is 6.24. The number of halogens is 6. The van der Waals surface area contributed by atoms with E-state index in [-0.39, 0.29) is 24.6 Å². The molecular formula is C34H44F6N8O10. The van der Waals surface area contributed by atoms with E-state index >= 15 is 0 Å². The number of aliphatic carboxylic acids is 2. The molecule has 0 radical (unpaired) electrons. The molecule has 1 aromatic carbocycles. The van der Waals surface area contributed by atoms with Crippen molar-refractivity contribution in [3.63, 3.8) is 0 Å². The number of amides is 1. The number of benzene rings is 1. The fourth-order valence-electron chi connectivity index (χ4n) is 6.24. The minimum absolute atomic E-state index is 0.0660. The Hall–Kier alpha value is -5.14. The number of carbonyl (C=O) groups excluding carboxylic acids is 2. The summed E-state index contributed by atoms with van der Waals surface area (Å²) in [5, 5.41) is 68.0. The Morgan fingerprint density at radius 3 is 2.10 bits per heavy atom. The summed E-state index contributed by atoms with van der Waals surface area (Å²) in [6, 6.07) is 8.26. The number of carbonyl (C=O) groups is 3. The van der Waals surface area contributed by atoms with Crippen LogP contribution < -0.4 is 20.7 Å². The van der Waals surface area contributed by atoms with Crippen LogP contribution in [0.3, 0.4) is 0 Å². The Balaban J connectivity index is 0.000000550. The molecule has 1 amide bonds. The van der Waals surface area contributed by atoms with Crippen molar-refractivity contribution in [1.29, 1.82) is 0 Å². The zero-order chi connectivity index (χ0) is 43.7. The minimum atomic E-state index is -5.19. The third-order valence-corrected chi connectivity index (χ3v) is 9.17. The summed E-state index contributed by atoms with van der Waals surface area (Å²) >= 11 is 0. The number of nitrogens with two attached hydrogens (primary N) is 1. The van der Waals surface area contributed by atoms with Gasteiger partial charge in [-0.1, -0.05) is 6.07 Å². The molecule has 0 unspecified atom stereocenters. The molecule has 0 spiro atoms. The lowest BCUT2D eigenvalue weighted by molar-refractivity contribution is -0.676. The number of alkyl halides is 6. The summed E-state index contributed by atoms with van der Waals surface area (Å²) in [4.78, 5) is 44.4. The van der Waals surface area contributed by atoms with Crippen LogP contribution in [0.4, 0.5) is 32.2 Å². The number of likely N-dealkylation sites (tertiary alicyclic amines) is 1. The molecule has 18 nitrogen and oxygen atoms in total. The number of aliphatic hydroxyl groups is 5. The van der Waals surface area contributed by atoms with Gasteiger partial charge in [-0.25, -0.2) is 23.9 Å². The number of hydrogen-bond donors (Lipinski definition) is 9. The zero-order valence-corrected chi connectivity index (χ0v) is 31.0. The lowest BCUT2D eigenvalue weighted by Crippen LogP contribution is -2.50. The maximum Gasteiger partial charge on any atom is 0.490 e. The first-order valence-electron chi connectivity index (χ1n) is 17.6. The summed E-state index contributed by atoms with van der Waals surface area (Å²) in [5.74, 6) is -4.82. The summed E-state index contributed by atoms with van der Waals surface area (Å²) < 4.78 is 67.7. The van der Waals surface area contributed by atoms with E-state index in [1.807, 2.05) is 4.90 Å². The van der Waals surface area contributed by atoms with Gasteiger partial charge >= 0.3 is 18.3 Å². The highest BCUT2D eigenvalue weighted by molar-refractivity contribution is 5.98. The van der Waals surface area contributed by atoms with E-state index in [9.17, 15) is 51.6 Å². The predicted octanol–water partition coefficient (Wildman–Crippen LogP) is -0.701. The summed E-state index contributed by atoms with van der Waals surface area (Å²) in [7, 11) is 0. The van der Waals surface area contributed by atoms with Gasteiger partial charge < -0.3 is 61.5 Å². The number of carboxylic acid groups (broad SMARTS) is 2. The van der Waals surface area contributed by atoms with Crippen molar-refractivity contribution >= 4 is 45.9 Å². The van der Waals surface area contributed by atoms with E-state index in [4.69, 9.17) is 30.6 Å². The SMILES string of the molecule is CCn1c(CNC(=O)c2nc3cc[nH]c3nc2N)[n+](CC)c2ccc(C3CCN(C[C@H](O)[C@@H](O)[C@H](O)[C@H](O)CO)CC3)cc21.O=C(O)C(F)(F)F.O=C([O-])C(F)(F)F. The van der Waals surface area contributed by atoms with Crippen molar-refractivity contribution in [2.24, 2.45) is 0 Å². The number of carboxylic acids is 2. The van der Waals surface area contributed by atoms with E-state index in [1.54, 1.807) is 12.3 Å². The molecular weight excluding hydrogens is 794 g/mol. The second-order valence-corrected chi connectivity index (χ2v) is 13.0. The molecule has 5 rings (SSSR count). The molecule has 24 heteroatoms. The average molecular weight is 839 g/mol. The van der Waals surface area contributed by atoms with Crippen LogP contribution in [0, 0.1) is 0 Å². The second kappa shape index (κ2) is 20.0. The van der Waals surface area contributed by atoms with Gasteiger partial charge in [0.2, 0.25) is 0 Å². The number of hydrogen-bond acceptors (Lipinski definition) is 13. The van der Waals surface area contributed by atoms with Crippen molar-refractivity contribution < 1.29 is 81.0 Å². The number of nitrogens with one attached hydrogen (secondary N) is 2. The van der Waals surface area contributed by atoms with Gasteiger partial charge in [-0.2, -0.15) is 26.3 Å². The molecule has 0 saturated carbocycles. The molecule has 4 atom stereocenters. The highest BCUT2D eigenvalue weighted by Gasteiger charge is 2.38. The van der Waals surface area contributed by atoms with Crippen molar-refractivity contribution in [1.82, 2.24) is 29.7 Å². The van der Waals surface area contributed by atoms with Gasteiger partial charge in [-0.3, -0.25) is 4.79 Å². The van der Waals surface area contributed by atoms with Crippen LogP contribution in [0.15, 0.2) is 30.5 Å². The molecule has 322 valence electrons. The number of aromatic nitrogens is 5. The number of rotatable bonds is 12. The van der Waals surface area contributed by atoms with Crippen molar-refractivity contribution in [3.05, 3.63) is 47.5 Å². The lowest BCUT2D eigenvalue weighted by atomic mass is 9.89. The Kier molecular flexibility index (Phi) is 16.3. The number of aromatic amines is 1. The largest absolute Gasteiger partial charge is 0.542 e.